The number of methoxy groups -OCH3 is 1. The molecule has 19 heavy (non-hydrogen) atoms. The van der Waals surface area contributed by atoms with Crippen LogP contribution in [0.4, 0.5) is 8.78 Å². The van der Waals surface area contributed by atoms with Crippen molar-refractivity contribution in [3.63, 3.8) is 0 Å². The van der Waals surface area contributed by atoms with Crippen LogP contribution in [0.2, 0.25) is 0 Å². The van der Waals surface area contributed by atoms with E-state index in [1.165, 1.54) is 7.11 Å². The number of benzene rings is 1. The summed E-state index contributed by atoms with van der Waals surface area (Å²) in [5, 5.41) is 0. The van der Waals surface area contributed by atoms with Gasteiger partial charge in [-0.15, -0.1) is 0 Å². The lowest BCUT2D eigenvalue weighted by atomic mass is 10.3. The third-order valence-corrected chi connectivity index (χ3v) is 4.48. The van der Waals surface area contributed by atoms with Gasteiger partial charge < -0.3 is 4.74 Å². The highest BCUT2D eigenvalue weighted by molar-refractivity contribution is 9.09. The third kappa shape index (κ3) is 5.13. The van der Waals surface area contributed by atoms with Crippen molar-refractivity contribution in [2.45, 2.75) is 16.1 Å². The van der Waals surface area contributed by atoms with Crippen LogP contribution in [0.3, 0.4) is 0 Å². The van der Waals surface area contributed by atoms with Crippen LogP contribution in [-0.4, -0.2) is 33.5 Å². The van der Waals surface area contributed by atoms with Crippen LogP contribution < -0.4 is 4.72 Å². The van der Waals surface area contributed by atoms with Gasteiger partial charge in [-0.1, -0.05) is 15.9 Å². The van der Waals surface area contributed by atoms with Crippen molar-refractivity contribution in [2.75, 3.05) is 20.3 Å². The molecule has 1 unspecified atom stereocenters. The normalized spacial score (nSPS) is 13.5. The van der Waals surface area contributed by atoms with Gasteiger partial charge in [0.05, 0.1) is 6.61 Å². The van der Waals surface area contributed by atoms with Gasteiger partial charge in [0.15, 0.2) is 0 Å². The second-order valence-electron chi connectivity index (χ2n) is 3.81. The first-order chi connectivity index (χ1) is 8.86. The van der Waals surface area contributed by atoms with E-state index in [1.54, 1.807) is 0 Å². The molecule has 0 bridgehead atoms. The molecule has 0 fully saturated rings. The van der Waals surface area contributed by atoms with Gasteiger partial charge in [0, 0.05) is 18.5 Å². The zero-order valence-corrected chi connectivity index (χ0v) is 12.6. The molecule has 1 atom stereocenters. The number of rotatable bonds is 7. The second kappa shape index (κ2) is 7.28. The van der Waals surface area contributed by atoms with E-state index < -0.39 is 26.6 Å². The molecule has 0 amide bonds. The Morgan fingerprint density at radius 2 is 2.11 bits per heavy atom. The number of alkyl halides is 1. The largest absolute Gasteiger partial charge is 0.384 e. The summed E-state index contributed by atoms with van der Waals surface area (Å²) in [4.78, 5) is -0.706. The molecule has 1 rings (SSSR count). The molecule has 1 N–H and O–H groups in total. The average molecular weight is 358 g/mol. The van der Waals surface area contributed by atoms with E-state index in [2.05, 4.69) is 20.7 Å². The lowest BCUT2D eigenvalue weighted by molar-refractivity contribution is 0.199. The van der Waals surface area contributed by atoms with Gasteiger partial charge >= 0.3 is 0 Å². The maximum atomic E-state index is 13.4. The van der Waals surface area contributed by atoms with Crippen molar-refractivity contribution in [1.82, 2.24) is 4.72 Å². The number of ether oxygens (including phenoxy) is 1. The Bertz CT molecular complexity index is 525. The van der Waals surface area contributed by atoms with Gasteiger partial charge in [-0.05, 0) is 24.6 Å². The van der Waals surface area contributed by atoms with Crippen LogP contribution in [0.15, 0.2) is 23.1 Å². The van der Waals surface area contributed by atoms with E-state index in [0.29, 0.717) is 19.1 Å². The number of hydrogen-bond donors (Lipinski definition) is 1. The molecule has 8 heteroatoms. The highest BCUT2D eigenvalue weighted by Gasteiger charge is 2.19. The number of halogens is 3. The maximum absolute atomic E-state index is 13.4. The highest BCUT2D eigenvalue weighted by Crippen LogP contribution is 2.15. The van der Waals surface area contributed by atoms with E-state index in [1.807, 2.05) is 0 Å². The Kier molecular flexibility index (Phi) is 6.31. The molecule has 0 radical (unpaired) electrons. The molecule has 0 aromatic heterocycles. The Hall–Kier alpha value is -0.570. The molecule has 108 valence electrons. The molecule has 0 aliphatic carbocycles. The standard InChI is InChI=1S/C11H14BrF2NO3S/c1-18-7-8(12)4-5-15-19(16,17)11-6-9(13)2-3-10(11)14/h2-3,6,8,15H,4-5,7H2,1H3. The fraction of sp³-hybridized carbons (Fsp3) is 0.455. The summed E-state index contributed by atoms with van der Waals surface area (Å²) in [6, 6.07) is 2.29. The Labute approximate surface area is 119 Å². The van der Waals surface area contributed by atoms with E-state index in [0.717, 1.165) is 12.1 Å². The molecule has 4 nitrogen and oxygen atoms in total. The topological polar surface area (TPSA) is 55.4 Å². The van der Waals surface area contributed by atoms with Crippen molar-refractivity contribution < 1.29 is 21.9 Å². The molecular weight excluding hydrogens is 344 g/mol. The van der Waals surface area contributed by atoms with Crippen molar-refractivity contribution in [1.29, 1.82) is 0 Å². The number of nitrogens with one attached hydrogen (secondary N) is 1. The molecule has 0 heterocycles. The summed E-state index contributed by atoms with van der Waals surface area (Å²) < 4.78 is 56.9. The summed E-state index contributed by atoms with van der Waals surface area (Å²) in [6.07, 6.45) is 0.462. The maximum Gasteiger partial charge on any atom is 0.243 e. The van der Waals surface area contributed by atoms with E-state index in [4.69, 9.17) is 4.74 Å². The predicted molar refractivity (Wildman–Crippen MR) is 70.8 cm³/mol. The van der Waals surface area contributed by atoms with Crippen molar-refractivity contribution >= 4 is 26.0 Å². The molecule has 0 spiro atoms. The van der Waals surface area contributed by atoms with Gasteiger partial charge in [-0.2, -0.15) is 0 Å². The first-order valence-corrected chi connectivity index (χ1v) is 7.84. The van der Waals surface area contributed by atoms with Crippen LogP contribution >= 0.6 is 15.9 Å². The Morgan fingerprint density at radius 1 is 1.42 bits per heavy atom. The molecule has 0 saturated carbocycles. The van der Waals surface area contributed by atoms with E-state index in [9.17, 15) is 17.2 Å². The van der Waals surface area contributed by atoms with Crippen molar-refractivity contribution in [3.05, 3.63) is 29.8 Å². The summed E-state index contributed by atoms with van der Waals surface area (Å²) in [5.74, 6) is -1.79. The van der Waals surface area contributed by atoms with Crippen LogP contribution in [0.1, 0.15) is 6.42 Å². The lowest BCUT2D eigenvalue weighted by Crippen LogP contribution is -2.28. The molecule has 0 saturated heterocycles. The zero-order valence-electron chi connectivity index (χ0n) is 10.2. The highest BCUT2D eigenvalue weighted by atomic mass is 79.9. The van der Waals surface area contributed by atoms with Crippen LogP contribution in [0, 0.1) is 11.6 Å². The van der Waals surface area contributed by atoms with Gasteiger partial charge in [0.25, 0.3) is 0 Å². The number of hydrogen-bond acceptors (Lipinski definition) is 3. The minimum absolute atomic E-state index is 0.0162. The molecule has 0 aliphatic heterocycles. The molecule has 1 aromatic rings. The molecule has 1 aromatic carbocycles. The lowest BCUT2D eigenvalue weighted by Gasteiger charge is -2.10. The molecular formula is C11H14BrF2NO3S. The summed E-state index contributed by atoms with van der Waals surface area (Å²) >= 11 is 3.29. The van der Waals surface area contributed by atoms with E-state index >= 15 is 0 Å². The minimum atomic E-state index is -4.05. The van der Waals surface area contributed by atoms with Crippen molar-refractivity contribution in [2.24, 2.45) is 0 Å². The SMILES string of the molecule is COCC(Br)CCNS(=O)(=O)c1cc(F)ccc1F. The zero-order chi connectivity index (χ0) is 14.5. The number of sulfonamides is 1. The van der Waals surface area contributed by atoms with Crippen LogP contribution in [0.5, 0.6) is 0 Å². The van der Waals surface area contributed by atoms with Gasteiger partial charge in [0.1, 0.15) is 16.5 Å². The van der Waals surface area contributed by atoms with Crippen LogP contribution in [-0.2, 0) is 14.8 Å². The van der Waals surface area contributed by atoms with Gasteiger partial charge in [-0.25, -0.2) is 21.9 Å². The quantitative estimate of drug-likeness (QED) is 0.759. The first kappa shape index (κ1) is 16.5. The Morgan fingerprint density at radius 3 is 2.74 bits per heavy atom. The minimum Gasteiger partial charge on any atom is -0.384 e. The van der Waals surface area contributed by atoms with Gasteiger partial charge in [-0.3, -0.25) is 0 Å². The first-order valence-electron chi connectivity index (χ1n) is 5.44. The smallest absolute Gasteiger partial charge is 0.243 e. The summed E-state index contributed by atoms with van der Waals surface area (Å²) in [7, 11) is -2.52. The molecule has 0 aliphatic rings. The predicted octanol–water partition coefficient (Wildman–Crippen LogP) is 2.04. The van der Waals surface area contributed by atoms with Gasteiger partial charge in [0.2, 0.25) is 10.0 Å². The van der Waals surface area contributed by atoms with Crippen LogP contribution in [0.25, 0.3) is 0 Å². The Balaban J connectivity index is 2.68. The van der Waals surface area contributed by atoms with Crippen molar-refractivity contribution in [3.8, 4) is 0 Å². The fourth-order valence-corrected chi connectivity index (χ4v) is 3.00. The van der Waals surface area contributed by atoms with E-state index in [-0.39, 0.29) is 11.4 Å². The summed E-state index contributed by atoms with van der Waals surface area (Å²) in [5.41, 5.74) is 0. The third-order valence-electron chi connectivity index (χ3n) is 2.28. The second-order valence-corrected chi connectivity index (χ2v) is 6.84. The average Bonchev–Trinajstić information content (AvgIpc) is 2.32. The summed E-state index contributed by atoms with van der Waals surface area (Å²) in [6.45, 7) is 0.521. The monoisotopic (exact) mass is 357 g/mol. The fourth-order valence-electron chi connectivity index (χ4n) is 1.37.